The third kappa shape index (κ3) is 2.16. The molecular formula is C14H21ClN4. The van der Waals surface area contributed by atoms with Crippen LogP contribution in [0.2, 0.25) is 0 Å². The van der Waals surface area contributed by atoms with E-state index in [0.29, 0.717) is 5.88 Å². The lowest BCUT2D eigenvalue weighted by Crippen LogP contribution is -2.20. The van der Waals surface area contributed by atoms with E-state index in [-0.39, 0.29) is 0 Å². The number of fused-ring (bicyclic) bond motifs is 1. The fourth-order valence-corrected chi connectivity index (χ4v) is 3.06. The standard InChI is InChI=1S/C14H21ClN4/c1-3-19-14-13(10(2)17-19)16-12(7-8-15)18(14)9-11-5-4-6-11/h11H,3-9H2,1-2H3. The van der Waals surface area contributed by atoms with E-state index in [2.05, 4.69) is 21.3 Å². The van der Waals surface area contributed by atoms with Crippen LogP contribution in [0.3, 0.4) is 0 Å². The second-order valence-electron chi connectivity index (χ2n) is 5.45. The molecule has 0 aromatic carbocycles. The number of halogens is 1. The molecule has 0 bridgehead atoms. The van der Waals surface area contributed by atoms with Crippen LogP contribution >= 0.6 is 11.6 Å². The average molecular weight is 281 g/mol. The van der Waals surface area contributed by atoms with E-state index in [0.717, 1.165) is 42.5 Å². The zero-order valence-electron chi connectivity index (χ0n) is 11.7. The van der Waals surface area contributed by atoms with Gasteiger partial charge in [0.15, 0.2) is 5.65 Å². The Hall–Kier alpha value is -1.03. The van der Waals surface area contributed by atoms with Crippen molar-refractivity contribution in [2.45, 2.75) is 52.6 Å². The minimum Gasteiger partial charge on any atom is -0.313 e. The first kappa shape index (κ1) is 13.0. The lowest BCUT2D eigenvalue weighted by atomic mass is 9.85. The van der Waals surface area contributed by atoms with Crippen molar-refractivity contribution in [3.8, 4) is 0 Å². The van der Waals surface area contributed by atoms with Crippen molar-refractivity contribution in [2.75, 3.05) is 5.88 Å². The summed E-state index contributed by atoms with van der Waals surface area (Å²) in [6, 6.07) is 0. The maximum Gasteiger partial charge on any atom is 0.158 e. The van der Waals surface area contributed by atoms with Crippen molar-refractivity contribution in [3.05, 3.63) is 11.5 Å². The fourth-order valence-electron chi connectivity index (χ4n) is 2.89. The molecule has 19 heavy (non-hydrogen) atoms. The predicted octanol–water partition coefficient (Wildman–Crippen LogP) is 3.14. The molecule has 2 heterocycles. The van der Waals surface area contributed by atoms with E-state index in [1.165, 1.54) is 24.9 Å². The number of hydrogen-bond acceptors (Lipinski definition) is 2. The number of alkyl halides is 1. The molecular weight excluding hydrogens is 260 g/mol. The molecule has 0 aliphatic heterocycles. The van der Waals surface area contributed by atoms with Gasteiger partial charge in [0, 0.05) is 25.4 Å². The normalized spacial score (nSPS) is 16.2. The van der Waals surface area contributed by atoms with Crippen molar-refractivity contribution < 1.29 is 0 Å². The molecule has 0 amide bonds. The van der Waals surface area contributed by atoms with Crippen molar-refractivity contribution in [3.63, 3.8) is 0 Å². The average Bonchev–Trinajstić information content (AvgIpc) is 2.84. The van der Waals surface area contributed by atoms with Crippen LogP contribution in [-0.4, -0.2) is 25.2 Å². The van der Waals surface area contributed by atoms with Gasteiger partial charge in [-0.2, -0.15) is 5.10 Å². The van der Waals surface area contributed by atoms with Crippen LogP contribution in [-0.2, 0) is 19.5 Å². The molecule has 0 unspecified atom stereocenters. The van der Waals surface area contributed by atoms with Gasteiger partial charge in [0.2, 0.25) is 0 Å². The van der Waals surface area contributed by atoms with Crippen LogP contribution in [0.15, 0.2) is 0 Å². The summed E-state index contributed by atoms with van der Waals surface area (Å²) in [5, 5.41) is 4.58. The number of aromatic nitrogens is 4. The topological polar surface area (TPSA) is 35.6 Å². The number of hydrogen-bond donors (Lipinski definition) is 0. The molecule has 1 aliphatic carbocycles. The van der Waals surface area contributed by atoms with Gasteiger partial charge in [0.25, 0.3) is 0 Å². The molecule has 0 N–H and O–H groups in total. The van der Waals surface area contributed by atoms with E-state index in [4.69, 9.17) is 16.6 Å². The molecule has 1 saturated carbocycles. The monoisotopic (exact) mass is 280 g/mol. The summed E-state index contributed by atoms with van der Waals surface area (Å²) >= 11 is 5.92. The number of rotatable bonds is 5. The number of nitrogens with zero attached hydrogens (tertiary/aromatic N) is 4. The molecule has 0 radical (unpaired) electrons. The highest BCUT2D eigenvalue weighted by atomic mass is 35.5. The summed E-state index contributed by atoms with van der Waals surface area (Å²) < 4.78 is 4.44. The van der Waals surface area contributed by atoms with E-state index in [9.17, 15) is 0 Å². The van der Waals surface area contributed by atoms with Gasteiger partial charge < -0.3 is 4.57 Å². The molecule has 3 rings (SSSR count). The zero-order chi connectivity index (χ0) is 13.4. The SMILES string of the molecule is CCn1nc(C)c2nc(CCCl)n(CC3CCC3)c21. The third-order valence-corrected chi connectivity index (χ3v) is 4.35. The Morgan fingerprint density at radius 1 is 1.37 bits per heavy atom. The lowest BCUT2D eigenvalue weighted by molar-refractivity contribution is 0.275. The largest absolute Gasteiger partial charge is 0.313 e. The first-order valence-electron chi connectivity index (χ1n) is 7.23. The minimum atomic E-state index is 0.628. The predicted molar refractivity (Wildman–Crippen MR) is 77.7 cm³/mol. The number of aryl methyl sites for hydroxylation is 3. The van der Waals surface area contributed by atoms with Crippen LogP contribution < -0.4 is 0 Å². The molecule has 0 atom stereocenters. The van der Waals surface area contributed by atoms with Crippen LogP contribution in [0, 0.1) is 12.8 Å². The zero-order valence-corrected chi connectivity index (χ0v) is 12.4. The maximum absolute atomic E-state index is 5.92. The summed E-state index contributed by atoms with van der Waals surface area (Å²) in [7, 11) is 0. The van der Waals surface area contributed by atoms with Crippen molar-refractivity contribution >= 4 is 22.8 Å². The molecule has 2 aromatic rings. The van der Waals surface area contributed by atoms with Gasteiger partial charge in [-0.1, -0.05) is 6.42 Å². The summed E-state index contributed by atoms with van der Waals surface area (Å²) in [4.78, 5) is 4.78. The van der Waals surface area contributed by atoms with Crippen LogP contribution in [0.5, 0.6) is 0 Å². The maximum atomic E-state index is 5.92. The summed E-state index contributed by atoms with van der Waals surface area (Å²) in [5.41, 5.74) is 3.27. The van der Waals surface area contributed by atoms with Crippen molar-refractivity contribution in [1.82, 2.24) is 19.3 Å². The van der Waals surface area contributed by atoms with Crippen molar-refractivity contribution in [2.24, 2.45) is 5.92 Å². The second kappa shape index (κ2) is 5.16. The van der Waals surface area contributed by atoms with Crippen molar-refractivity contribution in [1.29, 1.82) is 0 Å². The highest BCUT2D eigenvalue weighted by molar-refractivity contribution is 6.17. The van der Waals surface area contributed by atoms with Gasteiger partial charge in [0.1, 0.15) is 11.3 Å². The molecule has 2 aromatic heterocycles. The van der Waals surface area contributed by atoms with E-state index < -0.39 is 0 Å². The molecule has 4 nitrogen and oxygen atoms in total. The Morgan fingerprint density at radius 2 is 2.16 bits per heavy atom. The first-order valence-corrected chi connectivity index (χ1v) is 7.76. The molecule has 0 saturated heterocycles. The Labute approximate surface area is 118 Å². The second-order valence-corrected chi connectivity index (χ2v) is 5.83. The molecule has 0 spiro atoms. The first-order chi connectivity index (χ1) is 9.24. The molecule has 1 aliphatic rings. The summed E-state index contributed by atoms with van der Waals surface area (Å²) in [6.45, 7) is 6.14. The van der Waals surface area contributed by atoms with E-state index in [1.807, 2.05) is 6.92 Å². The van der Waals surface area contributed by atoms with Gasteiger partial charge >= 0.3 is 0 Å². The Balaban J connectivity index is 2.08. The quantitative estimate of drug-likeness (QED) is 0.789. The van der Waals surface area contributed by atoms with Gasteiger partial charge in [0.05, 0.1) is 5.69 Å². The van der Waals surface area contributed by atoms with Crippen LogP contribution in [0.25, 0.3) is 11.2 Å². The van der Waals surface area contributed by atoms with Crippen LogP contribution in [0.4, 0.5) is 0 Å². The van der Waals surface area contributed by atoms with E-state index in [1.54, 1.807) is 0 Å². The Bertz CT molecular complexity index is 580. The Morgan fingerprint density at radius 3 is 2.74 bits per heavy atom. The van der Waals surface area contributed by atoms with E-state index >= 15 is 0 Å². The van der Waals surface area contributed by atoms with Gasteiger partial charge in [-0.05, 0) is 32.6 Å². The Kier molecular flexibility index (Phi) is 3.52. The van der Waals surface area contributed by atoms with Crippen LogP contribution in [0.1, 0.15) is 37.7 Å². The number of imidazole rings is 1. The van der Waals surface area contributed by atoms with Gasteiger partial charge in [-0.15, -0.1) is 11.6 Å². The van der Waals surface area contributed by atoms with Gasteiger partial charge in [-0.25, -0.2) is 9.67 Å². The fraction of sp³-hybridized carbons (Fsp3) is 0.714. The summed E-state index contributed by atoms with van der Waals surface area (Å²) in [6.07, 6.45) is 4.91. The smallest absolute Gasteiger partial charge is 0.158 e. The summed E-state index contributed by atoms with van der Waals surface area (Å²) in [5.74, 6) is 2.56. The van der Waals surface area contributed by atoms with Gasteiger partial charge in [-0.3, -0.25) is 0 Å². The molecule has 104 valence electrons. The minimum absolute atomic E-state index is 0.628. The molecule has 5 heteroatoms. The molecule has 1 fully saturated rings. The highest BCUT2D eigenvalue weighted by Gasteiger charge is 2.23. The highest BCUT2D eigenvalue weighted by Crippen LogP contribution is 2.30. The lowest BCUT2D eigenvalue weighted by Gasteiger charge is -2.26. The third-order valence-electron chi connectivity index (χ3n) is 4.16.